The number of benzene rings is 1. The maximum atomic E-state index is 12.1. The van der Waals surface area contributed by atoms with Crippen LogP contribution in [0.15, 0.2) is 30.6 Å². The first kappa shape index (κ1) is 15.1. The molecule has 0 saturated carbocycles. The van der Waals surface area contributed by atoms with Crippen LogP contribution < -0.4 is 10.6 Å². The Kier molecular flexibility index (Phi) is 5.37. The Morgan fingerprint density at radius 1 is 1.33 bits per heavy atom. The molecule has 0 unspecified atom stereocenters. The SMILES string of the molecule is CCCNc1ccc(C(=O)NCCc2ncc[nH]2)cc1C. The minimum Gasteiger partial charge on any atom is -0.385 e. The second-order valence-electron chi connectivity index (χ2n) is 5.00. The van der Waals surface area contributed by atoms with Gasteiger partial charge in [-0.25, -0.2) is 4.98 Å². The Labute approximate surface area is 125 Å². The van der Waals surface area contributed by atoms with Gasteiger partial charge in [-0.1, -0.05) is 6.92 Å². The number of nitrogens with zero attached hydrogens (tertiary/aromatic N) is 1. The fraction of sp³-hybridized carbons (Fsp3) is 0.375. The summed E-state index contributed by atoms with van der Waals surface area (Å²) < 4.78 is 0. The summed E-state index contributed by atoms with van der Waals surface area (Å²) in [5.74, 6) is 0.831. The summed E-state index contributed by atoms with van der Waals surface area (Å²) in [5, 5.41) is 6.25. The van der Waals surface area contributed by atoms with E-state index >= 15 is 0 Å². The molecule has 112 valence electrons. The fourth-order valence-electron chi connectivity index (χ4n) is 2.09. The minimum absolute atomic E-state index is 0.0494. The second-order valence-corrected chi connectivity index (χ2v) is 5.00. The highest BCUT2D eigenvalue weighted by Crippen LogP contribution is 2.16. The third kappa shape index (κ3) is 4.34. The summed E-state index contributed by atoms with van der Waals surface area (Å²) in [6.45, 7) is 5.65. The van der Waals surface area contributed by atoms with Gasteiger partial charge in [0, 0.05) is 43.2 Å². The lowest BCUT2D eigenvalue weighted by Gasteiger charge is -2.10. The lowest BCUT2D eigenvalue weighted by molar-refractivity contribution is 0.0954. The van der Waals surface area contributed by atoms with E-state index in [1.807, 2.05) is 25.1 Å². The molecule has 5 heteroatoms. The van der Waals surface area contributed by atoms with E-state index in [0.29, 0.717) is 18.5 Å². The predicted molar refractivity (Wildman–Crippen MR) is 84.6 cm³/mol. The Balaban J connectivity index is 1.88. The van der Waals surface area contributed by atoms with Gasteiger partial charge in [0.2, 0.25) is 0 Å². The molecule has 2 rings (SSSR count). The average molecular weight is 286 g/mol. The number of carbonyl (C=O) groups excluding carboxylic acids is 1. The molecule has 2 aromatic rings. The molecule has 1 heterocycles. The smallest absolute Gasteiger partial charge is 0.251 e. The van der Waals surface area contributed by atoms with Crippen LogP contribution >= 0.6 is 0 Å². The maximum absolute atomic E-state index is 12.1. The van der Waals surface area contributed by atoms with Gasteiger partial charge in [-0.2, -0.15) is 0 Å². The minimum atomic E-state index is -0.0494. The number of aryl methyl sites for hydroxylation is 1. The van der Waals surface area contributed by atoms with Crippen molar-refractivity contribution < 1.29 is 4.79 Å². The van der Waals surface area contributed by atoms with Gasteiger partial charge in [0.1, 0.15) is 5.82 Å². The van der Waals surface area contributed by atoms with E-state index in [1.54, 1.807) is 12.4 Å². The van der Waals surface area contributed by atoms with Gasteiger partial charge in [0.15, 0.2) is 0 Å². The van der Waals surface area contributed by atoms with Crippen molar-refractivity contribution in [1.29, 1.82) is 0 Å². The highest BCUT2D eigenvalue weighted by atomic mass is 16.1. The fourth-order valence-corrected chi connectivity index (χ4v) is 2.09. The van der Waals surface area contributed by atoms with E-state index in [9.17, 15) is 4.79 Å². The molecule has 0 spiro atoms. The van der Waals surface area contributed by atoms with Crippen LogP contribution in [0.5, 0.6) is 0 Å². The van der Waals surface area contributed by atoms with Crippen molar-refractivity contribution in [3.63, 3.8) is 0 Å². The Morgan fingerprint density at radius 3 is 2.86 bits per heavy atom. The van der Waals surface area contributed by atoms with Crippen LogP contribution in [0, 0.1) is 6.92 Å². The molecule has 1 amide bonds. The van der Waals surface area contributed by atoms with Crippen molar-refractivity contribution in [2.24, 2.45) is 0 Å². The number of anilines is 1. The molecule has 3 N–H and O–H groups in total. The molecule has 0 bridgehead atoms. The molecular weight excluding hydrogens is 264 g/mol. The lowest BCUT2D eigenvalue weighted by atomic mass is 10.1. The summed E-state index contributed by atoms with van der Waals surface area (Å²) in [7, 11) is 0. The molecule has 0 fully saturated rings. The molecule has 5 nitrogen and oxygen atoms in total. The van der Waals surface area contributed by atoms with Crippen molar-refractivity contribution in [1.82, 2.24) is 15.3 Å². The summed E-state index contributed by atoms with van der Waals surface area (Å²) in [6, 6.07) is 5.74. The normalized spacial score (nSPS) is 10.4. The number of amides is 1. The molecule has 0 atom stereocenters. The monoisotopic (exact) mass is 286 g/mol. The molecule has 21 heavy (non-hydrogen) atoms. The number of aromatic nitrogens is 2. The van der Waals surface area contributed by atoms with Gasteiger partial charge in [0.25, 0.3) is 5.91 Å². The largest absolute Gasteiger partial charge is 0.385 e. The molecule has 0 aliphatic rings. The highest BCUT2D eigenvalue weighted by molar-refractivity contribution is 5.94. The first-order chi connectivity index (χ1) is 10.2. The zero-order valence-corrected chi connectivity index (χ0v) is 12.6. The van der Waals surface area contributed by atoms with E-state index in [4.69, 9.17) is 0 Å². The number of imidazole rings is 1. The molecule has 1 aromatic heterocycles. The van der Waals surface area contributed by atoms with Crippen LogP contribution in [0.3, 0.4) is 0 Å². The van der Waals surface area contributed by atoms with Crippen molar-refractivity contribution in [2.45, 2.75) is 26.7 Å². The predicted octanol–water partition coefficient (Wildman–Crippen LogP) is 2.51. The summed E-state index contributed by atoms with van der Waals surface area (Å²) in [5.41, 5.74) is 2.86. The molecule has 0 aliphatic carbocycles. The topological polar surface area (TPSA) is 69.8 Å². The van der Waals surface area contributed by atoms with Gasteiger partial charge >= 0.3 is 0 Å². The average Bonchev–Trinajstić information content (AvgIpc) is 2.99. The summed E-state index contributed by atoms with van der Waals surface area (Å²) in [4.78, 5) is 19.2. The third-order valence-corrected chi connectivity index (χ3v) is 3.26. The van der Waals surface area contributed by atoms with Crippen LogP contribution in [0.4, 0.5) is 5.69 Å². The van der Waals surface area contributed by atoms with Gasteiger partial charge in [-0.3, -0.25) is 4.79 Å². The highest BCUT2D eigenvalue weighted by Gasteiger charge is 2.07. The standard InChI is InChI=1S/C16H22N4O/c1-3-7-17-14-5-4-13(11-12(14)2)16(21)20-8-6-15-18-9-10-19-15/h4-5,9-11,17H,3,6-8H2,1-2H3,(H,18,19)(H,20,21). The molecule has 0 radical (unpaired) electrons. The van der Waals surface area contributed by atoms with Crippen LogP contribution in [-0.4, -0.2) is 29.0 Å². The Hall–Kier alpha value is -2.30. The number of hydrogen-bond acceptors (Lipinski definition) is 3. The van der Waals surface area contributed by atoms with Crippen molar-refractivity contribution in [3.8, 4) is 0 Å². The Morgan fingerprint density at radius 2 is 2.19 bits per heavy atom. The van der Waals surface area contributed by atoms with Crippen molar-refractivity contribution >= 4 is 11.6 Å². The number of hydrogen-bond donors (Lipinski definition) is 3. The number of H-pyrrole nitrogens is 1. The van der Waals surface area contributed by atoms with Crippen molar-refractivity contribution in [2.75, 3.05) is 18.4 Å². The third-order valence-electron chi connectivity index (χ3n) is 3.26. The van der Waals surface area contributed by atoms with Crippen molar-refractivity contribution in [3.05, 3.63) is 47.5 Å². The van der Waals surface area contributed by atoms with E-state index < -0.39 is 0 Å². The van der Waals surface area contributed by atoms with E-state index in [0.717, 1.165) is 30.0 Å². The zero-order valence-electron chi connectivity index (χ0n) is 12.6. The van der Waals surface area contributed by atoms with Crippen LogP contribution in [0.1, 0.15) is 35.1 Å². The van der Waals surface area contributed by atoms with Gasteiger partial charge in [-0.05, 0) is 37.1 Å². The molecule has 1 aromatic carbocycles. The molecule has 0 aliphatic heterocycles. The molecule has 0 saturated heterocycles. The number of nitrogens with one attached hydrogen (secondary N) is 3. The van der Waals surface area contributed by atoms with E-state index in [2.05, 4.69) is 27.5 Å². The zero-order chi connectivity index (χ0) is 15.1. The Bertz CT molecular complexity index is 578. The maximum Gasteiger partial charge on any atom is 0.251 e. The van der Waals surface area contributed by atoms with Gasteiger partial charge in [-0.15, -0.1) is 0 Å². The van der Waals surface area contributed by atoms with Gasteiger partial charge in [0.05, 0.1) is 0 Å². The van der Waals surface area contributed by atoms with Gasteiger partial charge < -0.3 is 15.6 Å². The van der Waals surface area contributed by atoms with Crippen LogP contribution in [0.25, 0.3) is 0 Å². The van der Waals surface area contributed by atoms with Crippen LogP contribution in [-0.2, 0) is 6.42 Å². The van der Waals surface area contributed by atoms with Crippen LogP contribution in [0.2, 0.25) is 0 Å². The number of carbonyl (C=O) groups is 1. The summed E-state index contributed by atoms with van der Waals surface area (Å²) in [6.07, 6.45) is 5.27. The first-order valence-corrected chi connectivity index (χ1v) is 7.31. The lowest BCUT2D eigenvalue weighted by Crippen LogP contribution is -2.26. The second kappa shape index (κ2) is 7.47. The summed E-state index contributed by atoms with van der Waals surface area (Å²) >= 11 is 0. The number of rotatable bonds is 7. The quantitative estimate of drug-likeness (QED) is 0.732. The van der Waals surface area contributed by atoms with E-state index in [-0.39, 0.29) is 5.91 Å². The first-order valence-electron chi connectivity index (χ1n) is 7.31. The number of aromatic amines is 1. The molecular formula is C16H22N4O. The van der Waals surface area contributed by atoms with E-state index in [1.165, 1.54) is 0 Å².